The van der Waals surface area contributed by atoms with Gasteiger partial charge in [0.2, 0.25) is 15.9 Å². The number of fused-ring (bicyclic) bond motifs is 1. The summed E-state index contributed by atoms with van der Waals surface area (Å²) in [6, 6.07) is 4.82. The third-order valence-corrected chi connectivity index (χ3v) is 4.53. The summed E-state index contributed by atoms with van der Waals surface area (Å²) < 4.78 is 26.3. The zero-order chi connectivity index (χ0) is 14.0. The molecule has 0 bridgehead atoms. The molecule has 3 N–H and O–H groups in total. The molecule has 1 aromatic rings. The van der Waals surface area contributed by atoms with Crippen molar-refractivity contribution in [3.63, 3.8) is 0 Å². The van der Waals surface area contributed by atoms with E-state index in [1.807, 2.05) is 0 Å². The first-order valence-corrected chi connectivity index (χ1v) is 7.55. The normalized spacial score (nSPS) is 13.8. The molecule has 0 aliphatic carbocycles. The number of carbonyl (C=O) groups excluding carboxylic acids is 1. The average Bonchev–Trinajstić information content (AvgIpc) is 2.79. The van der Waals surface area contributed by atoms with E-state index in [1.54, 1.807) is 17.0 Å². The molecule has 0 radical (unpaired) electrons. The SMILES string of the molecule is CC(=O)N1CCc2cc(S(=O)(=O)NCCN)ccc21.Cl. The van der Waals surface area contributed by atoms with Crippen molar-refractivity contribution in [2.75, 3.05) is 24.5 Å². The Bertz CT molecular complexity index is 604. The molecule has 6 nitrogen and oxygen atoms in total. The molecule has 0 spiro atoms. The molecule has 112 valence electrons. The van der Waals surface area contributed by atoms with Gasteiger partial charge in [0.25, 0.3) is 0 Å². The zero-order valence-corrected chi connectivity index (χ0v) is 12.8. The second-order valence-electron chi connectivity index (χ2n) is 4.40. The highest BCUT2D eigenvalue weighted by Crippen LogP contribution is 2.30. The summed E-state index contributed by atoms with van der Waals surface area (Å²) in [7, 11) is -3.52. The minimum atomic E-state index is -3.52. The smallest absolute Gasteiger partial charge is 0.240 e. The van der Waals surface area contributed by atoms with E-state index in [9.17, 15) is 13.2 Å². The maximum atomic E-state index is 12.0. The summed E-state index contributed by atoms with van der Waals surface area (Å²) in [5, 5.41) is 0. The third-order valence-electron chi connectivity index (χ3n) is 3.07. The van der Waals surface area contributed by atoms with E-state index >= 15 is 0 Å². The van der Waals surface area contributed by atoms with Gasteiger partial charge >= 0.3 is 0 Å². The Labute approximate surface area is 124 Å². The molecule has 0 fully saturated rings. The Balaban J connectivity index is 0.00000200. The second-order valence-corrected chi connectivity index (χ2v) is 6.16. The van der Waals surface area contributed by atoms with Gasteiger partial charge in [-0.25, -0.2) is 13.1 Å². The van der Waals surface area contributed by atoms with Crippen LogP contribution in [0.15, 0.2) is 23.1 Å². The fraction of sp³-hybridized carbons (Fsp3) is 0.417. The van der Waals surface area contributed by atoms with E-state index in [-0.39, 0.29) is 36.3 Å². The lowest BCUT2D eigenvalue weighted by atomic mass is 10.2. The topological polar surface area (TPSA) is 92.5 Å². The molecule has 0 unspecified atom stereocenters. The van der Waals surface area contributed by atoms with Crippen molar-refractivity contribution in [3.8, 4) is 0 Å². The molecule has 2 rings (SSSR count). The molecule has 20 heavy (non-hydrogen) atoms. The maximum Gasteiger partial charge on any atom is 0.240 e. The van der Waals surface area contributed by atoms with Gasteiger partial charge in [-0.1, -0.05) is 0 Å². The Morgan fingerprint density at radius 3 is 2.75 bits per heavy atom. The molecule has 0 aromatic heterocycles. The summed E-state index contributed by atoms with van der Waals surface area (Å²) in [5.74, 6) is -0.0318. The first kappa shape index (κ1) is 16.9. The number of benzene rings is 1. The van der Waals surface area contributed by atoms with Crippen molar-refractivity contribution in [1.82, 2.24) is 4.72 Å². The quantitative estimate of drug-likeness (QED) is 0.832. The lowest BCUT2D eigenvalue weighted by Gasteiger charge is -2.15. The molecule has 0 saturated carbocycles. The van der Waals surface area contributed by atoms with Gasteiger partial charge in [0.15, 0.2) is 0 Å². The van der Waals surface area contributed by atoms with E-state index < -0.39 is 10.0 Å². The fourth-order valence-corrected chi connectivity index (χ4v) is 3.25. The van der Waals surface area contributed by atoms with Gasteiger partial charge < -0.3 is 10.6 Å². The van der Waals surface area contributed by atoms with Crippen LogP contribution in [0.1, 0.15) is 12.5 Å². The van der Waals surface area contributed by atoms with Crippen LogP contribution in [0, 0.1) is 0 Å². The van der Waals surface area contributed by atoms with Crippen LogP contribution in [-0.2, 0) is 21.2 Å². The number of sulfonamides is 1. The lowest BCUT2D eigenvalue weighted by Crippen LogP contribution is -2.29. The molecular weight excluding hydrogens is 302 g/mol. The van der Waals surface area contributed by atoms with Gasteiger partial charge in [-0.3, -0.25) is 4.79 Å². The molecule has 0 saturated heterocycles. The van der Waals surface area contributed by atoms with Gasteiger partial charge in [0.1, 0.15) is 0 Å². The van der Waals surface area contributed by atoms with Crippen molar-refractivity contribution in [2.24, 2.45) is 5.73 Å². The minimum Gasteiger partial charge on any atom is -0.329 e. The van der Waals surface area contributed by atoms with Crippen LogP contribution in [0.5, 0.6) is 0 Å². The van der Waals surface area contributed by atoms with Gasteiger partial charge in [0, 0.05) is 32.2 Å². The number of anilines is 1. The number of halogens is 1. The highest BCUT2D eigenvalue weighted by Gasteiger charge is 2.24. The summed E-state index contributed by atoms with van der Waals surface area (Å²) >= 11 is 0. The predicted octanol–water partition coefficient (Wildman–Crippen LogP) is 0.254. The van der Waals surface area contributed by atoms with Gasteiger partial charge in [-0.15, -0.1) is 12.4 Å². The van der Waals surface area contributed by atoms with Crippen molar-refractivity contribution in [3.05, 3.63) is 23.8 Å². The Morgan fingerprint density at radius 1 is 1.45 bits per heavy atom. The standard InChI is InChI=1S/C12H17N3O3S.ClH/c1-9(16)15-7-4-10-8-11(2-3-12(10)15)19(17,18)14-6-5-13;/h2-3,8,14H,4-7,13H2,1H3;1H. The number of nitrogens with two attached hydrogens (primary N) is 1. The summed E-state index contributed by atoms with van der Waals surface area (Å²) in [6.45, 7) is 2.56. The van der Waals surface area contributed by atoms with Gasteiger partial charge in [-0.05, 0) is 30.2 Å². The minimum absolute atomic E-state index is 0. The molecule has 0 atom stereocenters. The van der Waals surface area contributed by atoms with Crippen LogP contribution < -0.4 is 15.4 Å². The first-order chi connectivity index (χ1) is 8.95. The van der Waals surface area contributed by atoms with E-state index in [1.165, 1.54) is 13.0 Å². The van der Waals surface area contributed by atoms with E-state index in [0.717, 1.165) is 11.3 Å². The van der Waals surface area contributed by atoms with Crippen LogP contribution in [0.4, 0.5) is 5.69 Å². The van der Waals surface area contributed by atoms with Crippen LogP contribution in [0.3, 0.4) is 0 Å². The monoisotopic (exact) mass is 319 g/mol. The average molecular weight is 320 g/mol. The molecular formula is C12H18ClN3O3S. The van der Waals surface area contributed by atoms with Crippen molar-refractivity contribution in [2.45, 2.75) is 18.2 Å². The number of rotatable bonds is 4. The molecule has 1 aromatic carbocycles. The highest BCUT2D eigenvalue weighted by molar-refractivity contribution is 7.89. The number of amides is 1. The van der Waals surface area contributed by atoms with Gasteiger partial charge in [0.05, 0.1) is 4.90 Å². The molecule has 1 aliphatic heterocycles. The van der Waals surface area contributed by atoms with Crippen LogP contribution in [0.25, 0.3) is 0 Å². The summed E-state index contributed by atoms with van der Waals surface area (Å²) in [4.78, 5) is 13.3. The van der Waals surface area contributed by atoms with E-state index in [0.29, 0.717) is 13.0 Å². The van der Waals surface area contributed by atoms with Crippen LogP contribution in [0.2, 0.25) is 0 Å². The number of nitrogens with one attached hydrogen (secondary N) is 1. The van der Waals surface area contributed by atoms with Crippen molar-refractivity contribution >= 4 is 34.0 Å². The number of nitrogens with zero attached hydrogens (tertiary/aromatic N) is 1. The van der Waals surface area contributed by atoms with Crippen LogP contribution >= 0.6 is 12.4 Å². The van der Waals surface area contributed by atoms with E-state index in [4.69, 9.17) is 5.73 Å². The second kappa shape index (κ2) is 6.53. The molecule has 8 heteroatoms. The highest BCUT2D eigenvalue weighted by atomic mass is 35.5. The van der Waals surface area contributed by atoms with Gasteiger partial charge in [-0.2, -0.15) is 0 Å². The third kappa shape index (κ3) is 3.29. The Morgan fingerprint density at radius 2 is 2.15 bits per heavy atom. The van der Waals surface area contributed by atoms with E-state index in [2.05, 4.69) is 4.72 Å². The largest absolute Gasteiger partial charge is 0.329 e. The van der Waals surface area contributed by atoms with Crippen molar-refractivity contribution in [1.29, 1.82) is 0 Å². The molecule has 1 amide bonds. The number of hydrogen-bond acceptors (Lipinski definition) is 4. The summed E-state index contributed by atoms with van der Waals surface area (Å²) in [5.41, 5.74) is 6.96. The van der Waals surface area contributed by atoms with Crippen molar-refractivity contribution < 1.29 is 13.2 Å². The maximum absolute atomic E-state index is 12.0. The molecule has 1 heterocycles. The summed E-state index contributed by atoms with van der Waals surface area (Å²) in [6.07, 6.45) is 0.676. The van der Waals surface area contributed by atoms with Crippen LogP contribution in [-0.4, -0.2) is 34.0 Å². The molecule has 1 aliphatic rings. The Kier molecular flexibility index (Phi) is 5.52. The number of carbonyl (C=O) groups is 1. The number of hydrogen-bond donors (Lipinski definition) is 2. The lowest BCUT2D eigenvalue weighted by molar-refractivity contribution is -0.116. The Hall–Kier alpha value is -1.15. The fourth-order valence-electron chi connectivity index (χ4n) is 2.15. The first-order valence-electron chi connectivity index (χ1n) is 6.06. The zero-order valence-electron chi connectivity index (χ0n) is 11.1. The predicted molar refractivity (Wildman–Crippen MR) is 79.7 cm³/mol.